The number of nitrogens with one attached hydrogen (secondary N) is 1. The lowest BCUT2D eigenvalue weighted by molar-refractivity contribution is 0.102. The van der Waals surface area contributed by atoms with Crippen LogP contribution >= 0.6 is 0 Å². The summed E-state index contributed by atoms with van der Waals surface area (Å²) in [6.45, 7) is 5.43. The maximum Gasteiger partial charge on any atom is 0.0791 e. The van der Waals surface area contributed by atoms with Gasteiger partial charge >= 0.3 is 0 Å². The Labute approximate surface area is 144 Å². The highest BCUT2D eigenvalue weighted by atomic mass is 16.3. The maximum absolute atomic E-state index is 10.4. The van der Waals surface area contributed by atoms with Crippen molar-refractivity contribution in [1.82, 2.24) is 20.0 Å². The van der Waals surface area contributed by atoms with Crippen LogP contribution in [0.5, 0.6) is 0 Å². The van der Waals surface area contributed by atoms with E-state index in [1.165, 1.54) is 16.7 Å². The molecule has 0 radical (unpaired) electrons. The molecule has 2 N–H and O–H groups in total. The van der Waals surface area contributed by atoms with Crippen LogP contribution in [0.2, 0.25) is 0 Å². The van der Waals surface area contributed by atoms with Gasteiger partial charge in [0.15, 0.2) is 0 Å². The molecule has 5 nitrogen and oxygen atoms in total. The van der Waals surface area contributed by atoms with Crippen LogP contribution in [0.4, 0.5) is 0 Å². The summed E-state index contributed by atoms with van der Waals surface area (Å²) < 4.78 is 1.82. The average Bonchev–Trinajstić information content (AvgIpc) is 3.01. The normalized spacial score (nSPS) is 17.5. The number of rotatable bonds is 7. The lowest BCUT2D eigenvalue weighted by atomic mass is 10.00. The van der Waals surface area contributed by atoms with E-state index in [2.05, 4.69) is 46.5 Å². The van der Waals surface area contributed by atoms with Crippen molar-refractivity contribution >= 4 is 0 Å². The number of aliphatic hydroxyl groups is 1. The third kappa shape index (κ3) is 4.23. The van der Waals surface area contributed by atoms with Crippen molar-refractivity contribution in [2.45, 2.75) is 38.5 Å². The zero-order valence-corrected chi connectivity index (χ0v) is 14.7. The van der Waals surface area contributed by atoms with Gasteiger partial charge in [-0.25, -0.2) is 0 Å². The Morgan fingerprint density at radius 3 is 2.79 bits per heavy atom. The van der Waals surface area contributed by atoms with Gasteiger partial charge in [0, 0.05) is 51.0 Å². The highest BCUT2D eigenvalue weighted by molar-refractivity contribution is 5.29. The second kappa shape index (κ2) is 7.92. The van der Waals surface area contributed by atoms with Gasteiger partial charge in [-0.2, -0.15) is 5.10 Å². The van der Waals surface area contributed by atoms with E-state index in [9.17, 15) is 5.11 Å². The van der Waals surface area contributed by atoms with Crippen molar-refractivity contribution in [3.05, 3.63) is 53.3 Å². The summed E-state index contributed by atoms with van der Waals surface area (Å²) in [6.07, 6.45) is 5.63. The van der Waals surface area contributed by atoms with Crippen LogP contribution in [0.3, 0.4) is 0 Å². The number of aromatic nitrogens is 2. The molecule has 0 saturated carbocycles. The Hall–Kier alpha value is -1.69. The molecule has 1 aliphatic rings. The predicted molar refractivity (Wildman–Crippen MR) is 95.7 cm³/mol. The van der Waals surface area contributed by atoms with Gasteiger partial charge in [-0.05, 0) is 24.0 Å². The lowest BCUT2D eigenvalue weighted by Crippen LogP contribution is -2.41. The molecule has 5 heteroatoms. The Balaban J connectivity index is 1.48. The van der Waals surface area contributed by atoms with E-state index in [1.54, 1.807) is 0 Å². The number of β-amino-alcohol motifs (C(OH)–C–C–N with tert-alkyl or cyclic N) is 1. The second-order valence-electron chi connectivity index (χ2n) is 6.72. The molecule has 0 fully saturated rings. The minimum absolute atomic E-state index is 0.246. The molecular formula is C19H28N4O. The molecule has 1 aromatic carbocycles. The molecule has 24 heavy (non-hydrogen) atoms. The third-order valence-corrected chi connectivity index (χ3v) is 4.81. The van der Waals surface area contributed by atoms with Gasteiger partial charge in [0.25, 0.3) is 0 Å². The summed E-state index contributed by atoms with van der Waals surface area (Å²) in [5, 5.41) is 18.1. The molecule has 2 atom stereocenters. The molecule has 2 unspecified atom stereocenters. The number of hydrogen-bond acceptors (Lipinski definition) is 4. The van der Waals surface area contributed by atoms with Crippen molar-refractivity contribution in [2.24, 2.45) is 7.05 Å². The highest BCUT2D eigenvalue weighted by Crippen LogP contribution is 2.19. The van der Waals surface area contributed by atoms with Crippen LogP contribution in [-0.2, 0) is 20.0 Å². The van der Waals surface area contributed by atoms with E-state index < -0.39 is 0 Å². The Kier molecular flexibility index (Phi) is 5.66. The molecule has 0 spiro atoms. The Morgan fingerprint density at radius 2 is 2.08 bits per heavy atom. The zero-order chi connectivity index (χ0) is 16.9. The van der Waals surface area contributed by atoms with Crippen LogP contribution in [0, 0.1) is 0 Å². The van der Waals surface area contributed by atoms with Crippen LogP contribution in [0.25, 0.3) is 0 Å². The SMILES string of the molecule is CCC(NCC(O)CN1CCc2ccccc2C1)c1cnn(C)c1. The van der Waals surface area contributed by atoms with E-state index in [0.29, 0.717) is 13.1 Å². The fraction of sp³-hybridized carbons (Fsp3) is 0.526. The molecule has 1 aliphatic heterocycles. The molecule has 0 aliphatic carbocycles. The molecule has 1 aromatic heterocycles. The quantitative estimate of drug-likeness (QED) is 0.815. The lowest BCUT2D eigenvalue weighted by Gasteiger charge is -2.30. The zero-order valence-electron chi connectivity index (χ0n) is 14.7. The molecule has 130 valence electrons. The average molecular weight is 328 g/mol. The number of nitrogens with zero attached hydrogens (tertiary/aromatic N) is 3. The summed E-state index contributed by atoms with van der Waals surface area (Å²) >= 11 is 0. The van der Waals surface area contributed by atoms with Gasteiger partial charge < -0.3 is 10.4 Å². The van der Waals surface area contributed by atoms with Crippen molar-refractivity contribution in [2.75, 3.05) is 19.6 Å². The van der Waals surface area contributed by atoms with Crippen molar-refractivity contribution in [3.63, 3.8) is 0 Å². The standard InChI is InChI=1S/C19H28N4O/c1-3-19(17-10-21-22(2)12-17)20-11-18(24)14-23-9-8-15-6-4-5-7-16(15)13-23/h4-7,10,12,18-20,24H,3,8-9,11,13-14H2,1-2H3. The van der Waals surface area contributed by atoms with Crippen molar-refractivity contribution in [3.8, 4) is 0 Å². The minimum atomic E-state index is -0.360. The van der Waals surface area contributed by atoms with Gasteiger partial charge in [0.1, 0.15) is 0 Å². The monoisotopic (exact) mass is 328 g/mol. The molecule has 0 amide bonds. The maximum atomic E-state index is 10.4. The largest absolute Gasteiger partial charge is 0.390 e. The number of benzene rings is 1. The van der Waals surface area contributed by atoms with Gasteiger partial charge in [-0.3, -0.25) is 9.58 Å². The van der Waals surface area contributed by atoms with Crippen molar-refractivity contribution in [1.29, 1.82) is 0 Å². The van der Waals surface area contributed by atoms with Crippen LogP contribution in [0.15, 0.2) is 36.7 Å². The van der Waals surface area contributed by atoms with Crippen LogP contribution < -0.4 is 5.32 Å². The first-order chi connectivity index (χ1) is 11.7. The summed E-state index contributed by atoms with van der Waals surface area (Å²) in [6, 6.07) is 8.86. The fourth-order valence-electron chi connectivity index (χ4n) is 3.47. The number of hydrogen-bond donors (Lipinski definition) is 2. The number of fused-ring (bicyclic) bond motifs is 1. The minimum Gasteiger partial charge on any atom is -0.390 e. The third-order valence-electron chi connectivity index (χ3n) is 4.81. The molecule has 0 saturated heterocycles. The smallest absolute Gasteiger partial charge is 0.0791 e. The van der Waals surface area contributed by atoms with Crippen molar-refractivity contribution < 1.29 is 5.11 Å². The molecular weight excluding hydrogens is 300 g/mol. The first-order valence-corrected chi connectivity index (χ1v) is 8.85. The summed E-state index contributed by atoms with van der Waals surface area (Å²) in [5.74, 6) is 0. The second-order valence-corrected chi connectivity index (χ2v) is 6.72. The van der Waals surface area contributed by atoms with E-state index in [1.807, 2.05) is 24.1 Å². The summed E-state index contributed by atoms with van der Waals surface area (Å²) in [4.78, 5) is 2.35. The van der Waals surface area contributed by atoms with E-state index >= 15 is 0 Å². The van der Waals surface area contributed by atoms with E-state index in [0.717, 1.165) is 25.9 Å². The van der Waals surface area contributed by atoms with Gasteiger partial charge in [-0.15, -0.1) is 0 Å². The highest BCUT2D eigenvalue weighted by Gasteiger charge is 2.19. The molecule has 2 heterocycles. The predicted octanol–water partition coefficient (Wildman–Crippen LogP) is 1.88. The Bertz CT molecular complexity index is 654. The summed E-state index contributed by atoms with van der Waals surface area (Å²) in [7, 11) is 1.93. The first-order valence-electron chi connectivity index (χ1n) is 8.85. The van der Waals surface area contributed by atoms with Crippen LogP contribution in [0.1, 0.15) is 36.1 Å². The number of aliphatic hydroxyl groups excluding tert-OH is 1. The topological polar surface area (TPSA) is 53.3 Å². The molecule has 3 rings (SSSR count). The van der Waals surface area contributed by atoms with Crippen LogP contribution in [-0.4, -0.2) is 45.5 Å². The molecule has 2 aromatic rings. The van der Waals surface area contributed by atoms with E-state index in [4.69, 9.17) is 0 Å². The Morgan fingerprint density at radius 1 is 1.29 bits per heavy atom. The fourth-order valence-corrected chi connectivity index (χ4v) is 3.47. The summed E-state index contributed by atoms with van der Waals surface area (Å²) in [5.41, 5.74) is 4.02. The van der Waals surface area contributed by atoms with Gasteiger partial charge in [0.05, 0.1) is 12.3 Å². The van der Waals surface area contributed by atoms with E-state index in [-0.39, 0.29) is 12.1 Å². The first kappa shape index (κ1) is 17.1. The van der Waals surface area contributed by atoms with Gasteiger partial charge in [-0.1, -0.05) is 31.2 Å². The van der Waals surface area contributed by atoms with Gasteiger partial charge in [0.2, 0.25) is 0 Å². The molecule has 0 bridgehead atoms. The number of aryl methyl sites for hydroxylation is 1.